The van der Waals surface area contributed by atoms with Crippen LogP contribution >= 0.6 is 0 Å². The minimum absolute atomic E-state index is 0.604. The number of hydrogen-bond donors (Lipinski definition) is 0. The highest BCUT2D eigenvalue weighted by atomic mass is 32.2. The van der Waals surface area contributed by atoms with E-state index in [9.17, 15) is 4.79 Å². The first-order valence-electron chi connectivity index (χ1n) is 6.13. The number of ether oxygens (including phenoxy) is 1. The van der Waals surface area contributed by atoms with E-state index < -0.39 is 10.1 Å². The SMILES string of the molecule is CS(=O)(=O)[O-].C[N+]1(c2ccc(C=O)cc2)CCOCC1. The van der Waals surface area contributed by atoms with Crippen molar-refractivity contribution in [1.82, 2.24) is 4.48 Å². The van der Waals surface area contributed by atoms with E-state index in [0.29, 0.717) is 6.26 Å². The lowest BCUT2D eigenvalue weighted by Gasteiger charge is -2.37. The van der Waals surface area contributed by atoms with E-state index in [1.165, 1.54) is 5.69 Å². The minimum atomic E-state index is -3.92. The molecule has 1 aliphatic rings. The molecule has 0 aromatic heterocycles. The van der Waals surface area contributed by atoms with Crippen molar-refractivity contribution in [3.63, 3.8) is 0 Å². The summed E-state index contributed by atoms with van der Waals surface area (Å²) in [6.07, 6.45) is 1.48. The van der Waals surface area contributed by atoms with Crippen LogP contribution in [0, 0.1) is 0 Å². The quantitative estimate of drug-likeness (QED) is 0.454. The van der Waals surface area contributed by atoms with E-state index in [1.807, 2.05) is 24.3 Å². The number of quaternary nitrogens is 1. The molecule has 1 aromatic rings. The van der Waals surface area contributed by atoms with Crippen molar-refractivity contribution in [3.8, 4) is 0 Å². The highest BCUT2D eigenvalue weighted by molar-refractivity contribution is 7.84. The zero-order valence-electron chi connectivity index (χ0n) is 11.6. The summed E-state index contributed by atoms with van der Waals surface area (Å²) in [5.74, 6) is 0. The number of aldehydes is 1. The zero-order chi connectivity index (χ0) is 15.2. The molecular formula is C13H19NO5S. The zero-order valence-corrected chi connectivity index (χ0v) is 12.4. The van der Waals surface area contributed by atoms with Crippen LogP contribution in [0.5, 0.6) is 0 Å². The molecule has 2 rings (SSSR count). The van der Waals surface area contributed by atoms with E-state index in [0.717, 1.165) is 42.6 Å². The maximum absolute atomic E-state index is 10.5. The molecule has 7 heteroatoms. The summed E-state index contributed by atoms with van der Waals surface area (Å²) in [7, 11) is -1.71. The molecule has 0 amide bonds. The summed E-state index contributed by atoms with van der Waals surface area (Å²) in [6, 6.07) is 7.83. The molecule has 112 valence electrons. The Hall–Kier alpha value is -1.28. The molecule has 1 aromatic carbocycles. The summed E-state index contributed by atoms with van der Waals surface area (Å²) >= 11 is 0. The average molecular weight is 301 g/mol. The van der Waals surface area contributed by atoms with Crippen molar-refractivity contribution in [1.29, 1.82) is 0 Å². The second-order valence-electron chi connectivity index (χ2n) is 4.87. The van der Waals surface area contributed by atoms with E-state index in [-0.39, 0.29) is 0 Å². The van der Waals surface area contributed by atoms with Crippen LogP contribution in [0.15, 0.2) is 24.3 Å². The fraction of sp³-hybridized carbons (Fsp3) is 0.462. The number of hydrogen-bond acceptors (Lipinski definition) is 5. The third-order valence-corrected chi connectivity index (χ3v) is 3.11. The average Bonchev–Trinajstić information content (AvgIpc) is 2.38. The van der Waals surface area contributed by atoms with Crippen LogP contribution in [-0.2, 0) is 14.9 Å². The Kier molecular flexibility index (Phi) is 5.82. The van der Waals surface area contributed by atoms with E-state index in [1.54, 1.807) is 0 Å². The van der Waals surface area contributed by atoms with Gasteiger partial charge >= 0.3 is 0 Å². The van der Waals surface area contributed by atoms with E-state index in [4.69, 9.17) is 17.7 Å². The largest absolute Gasteiger partial charge is 0.748 e. The highest BCUT2D eigenvalue weighted by Crippen LogP contribution is 2.22. The lowest BCUT2D eigenvalue weighted by Crippen LogP contribution is -2.53. The van der Waals surface area contributed by atoms with Crippen LogP contribution < -0.4 is 4.48 Å². The molecule has 0 spiro atoms. The smallest absolute Gasteiger partial charge is 0.150 e. The normalized spacial score (nSPS) is 17.8. The van der Waals surface area contributed by atoms with Gasteiger partial charge in [0.2, 0.25) is 0 Å². The highest BCUT2D eigenvalue weighted by Gasteiger charge is 2.27. The summed E-state index contributed by atoms with van der Waals surface area (Å²) in [6.45, 7) is 3.62. The molecule has 0 N–H and O–H groups in total. The van der Waals surface area contributed by atoms with Crippen molar-refractivity contribution >= 4 is 22.1 Å². The first-order valence-corrected chi connectivity index (χ1v) is 7.95. The minimum Gasteiger partial charge on any atom is -0.748 e. The molecule has 0 radical (unpaired) electrons. The van der Waals surface area contributed by atoms with E-state index in [2.05, 4.69) is 7.05 Å². The maximum Gasteiger partial charge on any atom is 0.150 e. The van der Waals surface area contributed by atoms with Gasteiger partial charge in [-0.2, -0.15) is 0 Å². The van der Waals surface area contributed by atoms with Crippen LogP contribution in [0.25, 0.3) is 0 Å². The van der Waals surface area contributed by atoms with E-state index >= 15 is 0 Å². The van der Waals surface area contributed by atoms with Gasteiger partial charge in [-0.1, -0.05) is 0 Å². The van der Waals surface area contributed by atoms with Gasteiger partial charge in [0, 0.05) is 11.8 Å². The fourth-order valence-electron chi connectivity index (χ4n) is 1.92. The van der Waals surface area contributed by atoms with Crippen LogP contribution in [0.4, 0.5) is 5.69 Å². The standard InChI is InChI=1S/C12H16NO2.CH4O3S/c1-13(6-8-15-9-7-13)12-4-2-11(10-14)3-5-12;1-5(2,3)4/h2-5,10H,6-9H2,1H3;1H3,(H,2,3,4)/q+1;/p-1. The molecule has 0 unspecified atom stereocenters. The Morgan fingerprint density at radius 1 is 1.20 bits per heavy atom. The van der Waals surface area contributed by atoms with Crippen molar-refractivity contribution in [3.05, 3.63) is 29.8 Å². The topological polar surface area (TPSA) is 83.5 Å². The molecule has 20 heavy (non-hydrogen) atoms. The number of morpholine rings is 1. The number of likely N-dealkylation sites (N-methyl/N-ethyl adjacent to an activating group) is 1. The molecule has 0 saturated carbocycles. The molecule has 6 nitrogen and oxygen atoms in total. The molecule has 1 heterocycles. The Balaban J connectivity index is 0.000000347. The molecule has 1 saturated heterocycles. The summed E-state index contributed by atoms with van der Waals surface area (Å²) in [5, 5.41) is 0. The number of nitrogens with zero attached hydrogens (tertiary/aromatic N) is 1. The second kappa shape index (κ2) is 6.94. The van der Waals surface area contributed by atoms with Gasteiger partial charge in [0.25, 0.3) is 0 Å². The van der Waals surface area contributed by atoms with Gasteiger partial charge in [0.05, 0.1) is 30.4 Å². The first-order chi connectivity index (χ1) is 9.24. The second-order valence-corrected chi connectivity index (χ2v) is 6.28. The number of carbonyl (C=O) groups is 1. The van der Waals surface area contributed by atoms with Crippen molar-refractivity contribution < 1.29 is 22.5 Å². The van der Waals surface area contributed by atoms with Crippen molar-refractivity contribution in [2.45, 2.75) is 0 Å². The fourth-order valence-corrected chi connectivity index (χ4v) is 1.92. The monoisotopic (exact) mass is 301 g/mol. The maximum atomic E-state index is 10.5. The van der Waals surface area contributed by atoms with Gasteiger partial charge in [-0.3, -0.25) is 9.28 Å². The van der Waals surface area contributed by atoms with Gasteiger partial charge in [-0.15, -0.1) is 0 Å². The predicted molar refractivity (Wildman–Crippen MR) is 75.7 cm³/mol. The molecule has 1 fully saturated rings. The predicted octanol–water partition coefficient (Wildman–Crippen LogP) is 0.628. The Bertz CT molecular complexity index is 524. The van der Waals surface area contributed by atoms with Crippen LogP contribution in [0.3, 0.4) is 0 Å². The lowest BCUT2D eigenvalue weighted by molar-refractivity contribution is 0.0526. The Morgan fingerprint density at radius 2 is 1.65 bits per heavy atom. The third-order valence-electron chi connectivity index (χ3n) is 3.11. The van der Waals surface area contributed by atoms with Crippen molar-refractivity contribution in [2.75, 3.05) is 39.6 Å². The van der Waals surface area contributed by atoms with Gasteiger partial charge in [0.1, 0.15) is 25.1 Å². The van der Waals surface area contributed by atoms with Gasteiger partial charge < -0.3 is 9.29 Å². The first kappa shape index (κ1) is 16.8. The molecule has 0 atom stereocenters. The molecule has 0 bridgehead atoms. The lowest BCUT2D eigenvalue weighted by atomic mass is 10.2. The molecular weight excluding hydrogens is 282 g/mol. The molecule has 1 aliphatic heterocycles. The van der Waals surface area contributed by atoms with Gasteiger partial charge in [0.15, 0.2) is 0 Å². The number of rotatable bonds is 2. The van der Waals surface area contributed by atoms with Gasteiger partial charge in [-0.05, 0) is 24.3 Å². The summed E-state index contributed by atoms with van der Waals surface area (Å²) < 4.78 is 33.5. The van der Waals surface area contributed by atoms with Crippen LogP contribution in [0.2, 0.25) is 0 Å². The van der Waals surface area contributed by atoms with Crippen LogP contribution in [0.1, 0.15) is 10.4 Å². The summed E-state index contributed by atoms with van der Waals surface area (Å²) in [4.78, 5) is 10.5. The number of benzene rings is 1. The molecule has 0 aliphatic carbocycles. The summed E-state index contributed by atoms with van der Waals surface area (Å²) in [5.41, 5.74) is 1.99. The Labute approximate surface area is 119 Å². The van der Waals surface area contributed by atoms with Gasteiger partial charge in [-0.25, -0.2) is 8.42 Å². The number of carbonyl (C=O) groups excluding carboxylic acids is 1. The Morgan fingerprint density at radius 3 is 2.05 bits per heavy atom. The third kappa shape index (κ3) is 5.79. The van der Waals surface area contributed by atoms with Crippen LogP contribution in [-0.4, -0.2) is 58.9 Å². The van der Waals surface area contributed by atoms with Crippen molar-refractivity contribution in [2.24, 2.45) is 0 Å².